The molecule has 34 heavy (non-hydrogen) atoms. The van der Waals surface area contributed by atoms with Gasteiger partial charge in [-0.1, -0.05) is 37.8 Å². The Kier molecular flexibility index (Phi) is 8.42. The highest BCUT2D eigenvalue weighted by Crippen LogP contribution is 2.50. The fourth-order valence-electron chi connectivity index (χ4n) is 7.07. The monoisotopic (exact) mass is 476 g/mol. The van der Waals surface area contributed by atoms with Crippen molar-refractivity contribution in [2.75, 3.05) is 0 Å². The van der Waals surface area contributed by atoms with Gasteiger partial charge in [-0.05, 0) is 112 Å². The lowest BCUT2D eigenvalue weighted by Crippen LogP contribution is -2.40. The Morgan fingerprint density at radius 2 is 1.65 bits per heavy atom. The van der Waals surface area contributed by atoms with Crippen LogP contribution in [0, 0.1) is 35.5 Å². The second-order valence-corrected chi connectivity index (χ2v) is 10.9. The lowest BCUT2D eigenvalue weighted by atomic mass is 9.59. The van der Waals surface area contributed by atoms with E-state index in [4.69, 9.17) is 4.74 Å². The largest absolute Gasteiger partial charge is 0.426 e. The van der Waals surface area contributed by atoms with Gasteiger partial charge in [-0.15, -0.1) is 0 Å². The zero-order valence-electron chi connectivity index (χ0n) is 20.4. The van der Waals surface area contributed by atoms with E-state index < -0.39 is 11.7 Å². The summed E-state index contributed by atoms with van der Waals surface area (Å²) in [5, 5.41) is 0. The summed E-state index contributed by atoms with van der Waals surface area (Å²) in [6.07, 6.45) is 14.7. The third-order valence-corrected chi connectivity index (χ3v) is 8.93. The molecule has 0 saturated heterocycles. The molecule has 2 nitrogen and oxygen atoms in total. The predicted octanol–water partition coefficient (Wildman–Crippen LogP) is 8.61. The minimum absolute atomic E-state index is 0.121. The molecule has 0 heterocycles. The van der Waals surface area contributed by atoms with Gasteiger partial charge in [0.1, 0.15) is 5.75 Å². The number of benzene rings is 1. The Hall–Kier alpha value is -1.78. The van der Waals surface area contributed by atoms with E-state index in [0.717, 1.165) is 49.1 Å². The van der Waals surface area contributed by atoms with Gasteiger partial charge >= 0.3 is 12.1 Å². The Balaban J connectivity index is 1.28. The van der Waals surface area contributed by atoms with E-state index in [0.29, 0.717) is 11.8 Å². The van der Waals surface area contributed by atoms with Crippen LogP contribution in [-0.4, -0.2) is 5.97 Å². The number of hydrogen-bond donors (Lipinski definition) is 0. The van der Waals surface area contributed by atoms with Gasteiger partial charge in [0.05, 0.1) is 11.5 Å². The first-order chi connectivity index (χ1) is 16.3. The van der Waals surface area contributed by atoms with Gasteiger partial charge in [-0.3, -0.25) is 4.79 Å². The molecule has 3 aliphatic carbocycles. The van der Waals surface area contributed by atoms with Crippen molar-refractivity contribution >= 4 is 5.97 Å². The maximum atomic E-state index is 13.0. The average molecular weight is 477 g/mol. The maximum absolute atomic E-state index is 13.0. The molecule has 0 spiro atoms. The number of alkyl halides is 3. The number of carbonyl (C=O) groups is 1. The molecular formula is C29H39F3O2. The van der Waals surface area contributed by atoms with Gasteiger partial charge < -0.3 is 4.74 Å². The van der Waals surface area contributed by atoms with E-state index in [1.165, 1.54) is 69.9 Å². The Labute approximate surface area is 202 Å². The van der Waals surface area contributed by atoms with E-state index in [1.807, 2.05) is 0 Å². The summed E-state index contributed by atoms with van der Waals surface area (Å²) >= 11 is 0. The van der Waals surface area contributed by atoms with Crippen LogP contribution in [-0.2, 0) is 11.0 Å². The first kappa shape index (κ1) is 25.3. The van der Waals surface area contributed by atoms with Crippen LogP contribution < -0.4 is 4.74 Å². The molecule has 1 aromatic rings. The van der Waals surface area contributed by atoms with E-state index in [2.05, 4.69) is 19.1 Å². The summed E-state index contributed by atoms with van der Waals surface area (Å²) in [4.78, 5) is 13.0. The van der Waals surface area contributed by atoms with E-state index in [9.17, 15) is 18.0 Å². The van der Waals surface area contributed by atoms with Crippen molar-refractivity contribution in [2.24, 2.45) is 35.5 Å². The summed E-state index contributed by atoms with van der Waals surface area (Å²) in [5.74, 6) is 3.32. The second kappa shape index (κ2) is 11.3. The molecule has 1 aromatic carbocycles. The van der Waals surface area contributed by atoms with Gasteiger partial charge in [0, 0.05) is 0 Å². The highest BCUT2D eigenvalue weighted by Gasteiger charge is 2.43. The highest BCUT2D eigenvalue weighted by molar-refractivity contribution is 5.75. The third kappa shape index (κ3) is 6.26. The van der Waals surface area contributed by atoms with Crippen LogP contribution in [0.2, 0.25) is 0 Å². The summed E-state index contributed by atoms with van der Waals surface area (Å²) in [6, 6.07) is 4.47. The molecule has 188 valence electrons. The van der Waals surface area contributed by atoms with E-state index >= 15 is 0 Å². The molecule has 4 unspecified atom stereocenters. The average Bonchev–Trinajstić information content (AvgIpc) is 2.83. The number of halogens is 3. The Morgan fingerprint density at radius 3 is 2.32 bits per heavy atom. The normalized spacial score (nSPS) is 32.4. The molecule has 0 bridgehead atoms. The van der Waals surface area contributed by atoms with Gasteiger partial charge in [0.2, 0.25) is 0 Å². The topological polar surface area (TPSA) is 26.3 Å². The van der Waals surface area contributed by atoms with Crippen molar-refractivity contribution in [2.45, 2.75) is 90.1 Å². The maximum Gasteiger partial charge on any atom is 0.416 e. The number of fused-ring (bicyclic) bond motifs is 1. The first-order valence-electron chi connectivity index (χ1n) is 13.3. The molecule has 3 fully saturated rings. The zero-order valence-corrected chi connectivity index (χ0v) is 20.4. The van der Waals surface area contributed by atoms with Crippen molar-refractivity contribution in [1.82, 2.24) is 0 Å². The number of allylic oxidation sites excluding steroid dienone is 2. The quantitative estimate of drug-likeness (QED) is 0.233. The van der Waals surface area contributed by atoms with Gasteiger partial charge in [0.25, 0.3) is 0 Å². The lowest BCUT2D eigenvalue weighted by Gasteiger charge is -2.46. The number of carbonyl (C=O) groups excluding carboxylic acids is 1. The molecule has 4 atom stereocenters. The van der Waals surface area contributed by atoms with E-state index in [1.54, 1.807) is 0 Å². The van der Waals surface area contributed by atoms with Crippen LogP contribution in [0.15, 0.2) is 36.4 Å². The molecule has 0 radical (unpaired) electrons. The minimum atomic E-state index is -4.39. The van der Waals surface area contributed by atoms with Crippen LogP contribution in [0.3, 0.4) is 0 Å². The summed E-state index contributed by atoms with van der Waals surface area (Å²) < 4.78 is 43.9. The summed E-state index contributed by atoms with van der Waals surface area (Å²) in [6.45, 7) is 2.09. The lowest BCUT2D eigenvalue weighted by molar-refractivity contribution is -0.144. The van der Waals surface area contributed by atoms with Crippen molar-refractivity contribution in [3.05, 3.63) is 42.0 Å². The van der Waals surface area contributed by atoms with Gasteiger partial charge in [-0.2, -0.15) is 13.2 Å². The van der Waals surface area contributed by atoms with E-state index in [-0.39, 0.29) is 17.6 Å². The second-order valence-electron chi connectivity index (χ2n) is 10.9. The number of ether oxygens (including phenoxy) is 1. The third-order valence-electron chi connectivity index (χ3n) is 8.93. The van der Waals surface area contributed by atoms with Crippen LogP contribution >= 0.6 is 0 Å². The molecule has 5 heteroatoms. The highest BCUT2D eigenvalue weighted by atomic mass is 19.4. The molecule has 0 N–H and O–H groups in total. The summed E-state index contributed by atoms with van der Waals surface area (Å²) in [5.41, 5.74) is -0.727. The molecular weight excluding hydrogens is 437 g/mol. The predicted molar refractivity (Wildman–Crippen MR) is 128 cm³/mol. The first-order valence-corrected chi connectivity index (χ1v) is 13.3. The number of rotatable bonds is 6. The SMILES string of the molecule is C/C=C/CCC1CCC(C2CCC3C(CCCC3C(=O)Oc3ccc(C(F)(F)F)cc3)C2)CC1. The van der Waals surface area contributed by atoms with Crippen molar-refractivity contribution in [3.63, 3.8) is 0 Å². The summed E-state index contributed by atoms with van der Waals surface area (Å²) in [7, 11) is 0. The van der Waals surface area contributed by atoms with Gasteiger partial charge in [0.15, 0.2) is 0 Å². The van der Waals surface area contributed by atoms with Gasteiger partial charge in [-0.25, -0.2) is 0 Å². The number of hydrogen-bond acceptors (Lipinski definition) is 2. The van der Waals surface area contributed by atoms with Crippen LogP contribution in [0.25, 0.3) is 0 Å². The fraction of sp³-hybridized carbons (Fsp3) is 0.690. The minimum Gasteiger partial charge on any atom is -0.426 e. The Bertz CT molecular complexity index is 821. The molecule has 0 aromatic heterocycles. The smallest absolute Gasteiger partial charge is 0.416 e. The van der Waals surface area contributed by atoms with Crippen LogP contribution in [0.5, 0.6) is 5.75 Å². The van der Waals surface area contributed by atoms with Crippen molar-refractivity contribution in [1.29, 1.82) is 0 Å². The van der Waals surface area contributed by atoms with Crippen molar-refractivity contribution < 1.29 is 22.7 Å². The van der Waals surface area contributed by atoms with Crippen LogP contribution in [0.4, 0.5) is 13.2 Å². The standard InChI is InChI=1S/C29H39F3O2/c1-2-3-4-6-20-9-11-21(12-10-20)22-13-18-26-23(19-22)7-5-8-27(26)28(33)34-25-16-14-24(15-17-25)29(30,31)32/h2-3,14-17,20-23,26-27H,4-13,18-19H2,1H3/b3-2+. The molecule has 3 aliphatic rings. The number of esters is 1. The molecule has 4 rings (SSSR count). The molecule has 0 amide bonds. The van der Waals surface area contributed by atoms with Crippen LogP contribution in [0.1, 0.15) is 89.5 Å². The van der Waals surface area contributed by atoms with Crippen molar-refractivity contribution in [3.8, 4) is 5.75 Å². The Morgan fingerprint density at radius 1 is 0.941 bits per heavy atom. The fourth-order valence-corrected chi connectivity index (χ4v) is 7.07. The molecule has 0 aliphatic heterocycles. The zero-order chi connectivity index (χ0) is 24.1. The molecule has 3 saturated carbocycles.